The SMILES string of the molecule is COP(=O)(O)O.[CaH2].[CaH2].[CaH2]. The number of hydrogen-bond acceptors (Lipinski definition) is 2. The Balaban J connectivity index is -0.0000000417. The fourth-order valence-electron chi connectivity index (χ4n) is 0. The number of phosphoric acid groups is 1. The Labute approximate surface area is 143 Å². The Bertz CT molecular complexity index is 79.9. The molecule has 0 aliphatic heterocycles. The van der Waals surface area contributed by atoms with E-state index in [0.717, 1.165) is 7.11 Å². The van der Waals surface area contributed by atoms with Crippen LogP contribution in [-0.2, 0) is 9.09 Å². The Morgan fingerprint density at radius 3 is 1.33 bits per heavy atom. The third-order valence-electron chi connectivity index (χ3n) is 0.238. The molecule has 0 saturated heterocycles. The number of phosphoric ester groups is 1. The van der Waals surface area contributed by atoms with Crippen LogP contribution in [0.5, 0.6) is 0 Å². The molecular weight excluding hydrogens is 227 g/mol. The zero-order chi connectivity index (χ0) is 5.21. The summed E-state index contributed by atoms with van der Waals surface area (Å²) in [5.41, 5.74) is 0. The molecular formula is CH11Ca3O4P. The summed E-state index contributed by atoms with van der Waals surface area (Å²) < 4.78 is 13.1. The van der Waals surface area contributed by atoms with Crippen LogP contribution in [0.2, 0.25) is 0 Å². The molecule has 0 saturated carbocycles. The molecule has 2 N–H and O–H groups in total. The zero-order valence-corrected chi connectivity index (χ0v) is 4.05. The molecule has 8 heteroatoms. The predicted molar refractivity (Wildman–Crippen MR) is 44.7 cm³/mol. The second-order valence-electron chi connectivity index (χ2n) is 0.673. The summed E-state index contributed by atoms with van der Waals surface area (Å²) in [7, 11) is -3.20. The molecule has 0 atom stereocenters. The molecule has 9 heavy (non-hydrogen) atoms. The van der Waals surface area contributed by atoms with Crippen LogP contribution in [-0.4, -0.2) is 130 Å². The summed E-state index contributed by atoms with van der Waals surface area (Å²) in [5, 5.41) is 0. The molecule has 0 bridgehead atoms. The molecule has 0 aromatic rings. The van der Waals surface area contributed by atoms with Gasteiger partial charge in [0.05, 0.1) is 0 Å². The van der Waals surface area contributed by atoms with E-state index in [1.165, 1.54) is 0 Å². The molecule has 0 radical (unpaired) electrons. The Morgan fingerprint density at radius 1 is 1.22 bits per heavy atom. The van der Waals surface area contributed by atoms with E-state index in [4.69, 9.17) is 9.79 Å². The predicted octanol–water partition coefficient (Wildman–Crippen LogP) is -3.02. The first-order valence-corrected chi connectivity index (χ1v) is 2.70. The second-order valence-corrected chi connectivity index (χ2v) is 2.02. The van der Waals surface area contributed by atoms with E-state index in [0.29, 0.717) is 0 Å². The average Bonchev–Trinajstić information content (AvgIpc) is 1.35. The van der Waals surface area contributed by atoms with Crippen molar-refractivity contribution in [3.63, 3.8) is 0 Å². The standard InChI is InChI=1S/CH5O4P.3Ca.6H/c1-5-6(2,3)4;;;;;;;;;/h1H3,(H2,2,3,4);;;;;;;;;. The Kier molecular flexibility index (Phi) is 30.5. The molecule has 0 rings (SSSR count). The summed E-state index contributed by atoms with van der Waals surface area (Å²) in [6.07, 6.45) is 0. The van der Waals surface area contributed by atoms with Crippen molar-refractivity contribution in [2.45, 2.75) is 0 Å². The molecule has 0 heterocycles. The summed E-state index contributed by atoms with van der Waals surface area (Å²) >= 11 is 0. The normalized spacial score (nSPS) is 7.89. The first-order valence-electron chi connectivity index (χ1n) is 1.17. The van der Waals surface area contributed by atoms with Gasteiger partial charge >= 0.3 is 121 Å². The van der Waals surface area contributed by atoms with Crippen molar-refractivity contribution in [1.29, 1.82) is 0 Å². The van der Waals surface area contributed by atoms with E-state index in [1.54, 1.807) is 0 Å². The van der Waals surface area contributed by atoms with Crippen molar-refractivity contribution in [2.75, 3.05) is 7.11 Å². The van der Waals surface area contributed by atoms with Crippen LogP contribution in [0.15, 0.2) is 0 Å². The molecule has 0 aliphatic carbocycles. The van der Waals surface area contributed by atoms with Crippen molar-refractivity contribution in [2.24, 2.45) is 0 Å². The van der Waals surface area contributed by atoms with Gasteiger partial charge in [0.1, 0.15) is 0 Å². The van der Waals surface area contributed by atoms with Crippen molar-refractivity contribution < 1.29 is 18.9 Å². The first kappa shape index (κ1) is 23.1. The monoisotopic (exact) mass is 238 g/mol. The van der Waals surface area contributed by atoms with Gasteiger partial charge in [0.15, 0.2) is 0 Å². The van der Waals surface area contributed by atoms with Crippen LogP contribution in [0.4, 0.5) is 0 Å². The summed E-state index contributed by atoms with van der Waals surface area (Å²) in [6.45, 7) is 0. The molecule has 4 nitrogen and oxygen atoms in total. The van der Waals surface area contributed by atoms with E-state index in [1.807, 2.05) is 0 Å². The first-order chi connectivity index (χ1) is 2.56. The van der Waals surface area contributed by atoms with E-state index in [9.17, 15) is 4.57 Å². The molecule has 0 fully saturated rings. The Hall–Kier alpha value is 3.89. The molecule has 0 aromatic carbocycles. The van der Waals surface area contributed by atoms with E-state index < -0.39 is 7.82 Å². The van der Waals surface area contributed by atoms with Gasteiger partial charge in [-0.2, -0.15) is 0 Å². The quantitative estimate of drug-likeness (QED) is 0.377. The van der Waals surface area contributed by atoms with E-state index in [-0.39, 0.29) is 113 Å². The van der Waals surface area contributed by atoms with E-state index in [2.05, 4.69) is 4.52 Å². The molecule has 0 amide bonds. The van der Waals surface area contributed by atoms with Crippen LogP contribution in [0, 0.1) is 0 Å². The minimum absolute atomic E-state index is 0. The van der Waals surface area contributed by atoms with Gasteiger partial charge in [-0.05, 0) is 0 Å². The van der Waals surface area contributed by atoms with Gasteiger partial charge in [-0.3, -0.25) is 4.52 Å². The molecule has 0 aliphatic rings. The number of rotatable bonds is 1. The second kappa shape index (κ2) is 11.9. The minimum atomic E-state index is -4.15. The van der Waals surface area contributed by atoms with Crippen molar-refractivity contribution in [3.8, 4) is 0 Å². The van der Waals surface area contributed by atoms with Gasteiger partial charge in [-0.1, -0.05) is 0 Å². The van der Waals surface area contributed by atoms with Crippen LogP contribution in [0.3, 0.4) is 0 Å². The van der Waals surface area contributed by atoms with Crippen LogP contribution in [0.25, 0.3) is 0 Å². The Morgan fingerprint density at radius 2 is 1.33 bits per heavy atom. The van der Waals surface area contributed by atoms with Gasteiger partial charge in [0, 0.05) is 7.11 Å². The van der Waals surface area contributed by atoms with Gasteiger partial charge < -0.3 is 9.79 Å². The zero-order valence-electron chi connectivity index (χ0n) is 3.16. The van der Waals surface area contributed by atoms with Gasteiger partial charge in [-0.15, -0.1) is 0 Å². The van der Waals surface area contributed by atoms with Gasteiger partial charge in [-0.25, -0.2) is 4.57 Å². The summed E-state index contributed by atoms with van der Waals surface area (Å²) in [4.78, 5) is 15.4. The maximum absolute atomic E-state index is 9.47. The maximum atomic E-state index is 9.47. The third-order valence-corrected chi connectivity index (χ3v) is 0.714. The fraction of sp³-hybridized carbons (Fsp3) is 1.00. The average molecular weight is 238 g/mol. The van der Waals surface area contributed by atoms with Crippen molar-refractivity contribution >= 4 is 121 Å². The van der Waals surface area contributed by atoms with Crippen LogP contribution < -0.4 is 0 Å². The van der Waals surface area contributed by atoms with E-state index >= 15 is 0 Å². The van der Waals surface area contributed by atoms with Gasteiger partial charge in [0.25, 0.3) is 0 Å². The van der Waals surface area contributed by atoms with Crippen molar-refractivity contribution in [1.82, 2.24) is 0 Å². The molecule has 0 unspecified atom stereocenters. The summed E-state index contributed by atoms with van der Waals surface area (Å²) in [6, 6.07) is 0. The number of hydrogen-bond donors (Lipinski definition) is 2. The van der Waals surface area contributed by atoms with Crippen molar-refractivity contribution in [3.05, 3.63) is 0 Å². The molecule has 0 aromatic heterocycles. The fourth-order valence-corrected chi connectivity index (χ4v) is 0. The van der Waals surface area contributed by atoms with Crippen LogP contribution in [0.1, 0.15) is 0 Å². The third kappa shape index (κ3) is 24.5. The molecule has 0 spiro atoms. The summed E-state index contributed by atoms with van der Waals surface area (Å²) in [5.74, 6) is 0. The van der Waals surface area contributed by atoms with Crippen LogP contribution >= 0.6 is 7.82 Å². The molecule has 50 valence electrons. The van der Waals surface area contributed by atoms with Gasteiger partial charge in [0.2, 0.25) is 0 Å². The topological polar surface area (TPSA) is 66.8 Å².